The zero-order valence-electron chi connectivity index (χ0n) is 15.9. The largest absolute Gasteiger partial charge is 0.478 e. The minimum Gasteiger partial charge on any atom is -0.478 e. The number of hydrogen-bond acceptors (Lipinski definition) is 5. The maximum absolute atomic E-state index is 10.9. The third kappa shape index (κ3) is 5.27. The highest BCUT2D eigenvalue weighted by molar-refractivity contribution is 5.87. The highest BCUT2D eigenvalue weighted by Crippen LogP contribution is 2.13. The lowest BCUT2D eigenvalue weighted by Gasteiger charge is -2.40. The lowest BCUT2D eigenvalue weighted by molar-refractivity contribution is -0.0565. The molecule has 1 unspecified atom stereocenters. The minimum atomic E-state index is -0.869. The van der Waals surface area contributed by atoms with Crippen LogP contribution in [0.15, 0.2) is 24.3 Å². The summed E-state index contributed by atoms with van der Waals surface area (Å²) in [6, 6.07) is 7.81. The van der Waals surface area contributed by atoms with Crippen LogP contribution < -0.4 is 0 Å². The van der Waals surface area contributed by atoms with Crippen LogP contribution in [0.2, 0.25) is 0 Å². The van der Waals surface area contributed by atoms with Crippen molar-refractivity contribution in [3.8, 4) is 0 Å². The molecule has 2 aliphatic heterocycles. The second-order valence-electron chi connectivity index (χ2n) is 7.66. The van der Waals surface area contributed by atoms with Crippen molar-refractivity contribution >= 4 is 5.97 Å². The third-order valence-electron chi connectivity index (χ3n) is 5.43. The van der Waals surface area contributed by atoms with Crippen LogP contribution in [-0.2, 0) is 11.3 Å². The zero-order chi connectivity index (χ0) is 18.5. The van der Waals surface area contributed by atoms with Gasteiger partial charge in [0.25, 0.3) is 0 Å². The minimum absolute atomic E-state index is 0.321. The molecule has 6 nitrogen and oxygen atoms in total. The fraction of sp³-hybridized carbons (Fsp3) is 0.650. The van der Waals surface area contributed by atoms with Crippen LogP contribution in [0, 0.1) is 0 Å². The zero-order valence-corrected chi connectivity index (χ0v) is 15.9. The van der Waals surface area contributed by atoms with Crippen molar-refractivity contribution < 1.29 is 14.6 Å². The summed E-state index contributed by atoms with van der Waals surface area (Å²) in [4.78, 5) is 18.4. The summed E-state index contributed by atoms with van der Waals surface area (Å²) in [5, 5.41) is 8.98. The molecule has 2 fully saturated rings. The molecule has 1 atom stereocenters. The van der Waals surface area contributed by atoms with E-state index >= 15 is 0 Å². The van der Waals surface area contributed by atoms with Gasteiger partial charge in [-0.15, -0.1) is 0 Å². The Bertz CT molecular complexity index is 582. The summed E-state index contributed by atoms with van der Waals surface area (Å²) in [6.45, 7) is 13.5. The lowest BCUT2D eigenvalue weighted by atomic mass is 10.1. The molecule has 2 aliphatic rings. The Labute approximate surface area is 156 Å². The van der Waals surface area contributed by atoms with Crippen LogP contribution in [-0.4, -0.2) is 90.3 Å². The molecule has 1 N–H and O–H groups in total. The van der Waals surface area contributed by atoms with Crippen molar-refractivity contribution in [2.45, 2.75) is 32.5 Å². The Morgan fingerprint density at radius 2 is 1.77 bits per heavy atom. The summed E-state index contributed by atoms with van der Waals surface area (Å²) in [5.74, 6) is -0.869. The Balaban J connectivity index is 1.42. The number of carboxylic acid groups (broad SMARTS) is 1. The molecule has 6 heteroatoms. The molecular weight excluding hydrogens is 330 g/mol. The van der Waals surface area contributed by atoms with Gasteiger partial charge in [-0.1, -0.05) is 12.1 Å². The molecule has 3 rings (SSSR count). The van der Waals surface area contributed by atoms with Crippen LogP contribution in [0.1, 0.15) is 29.8 Å². The molecule has 0 saturated carbocycles. The first-order valence-corrected chi connectivity index (χ1v) is 9.64. The molecule has 0 bridgehead atoms. The van der Waals surface area contributed by atoms with E-state index in [9.17, 15) is 4.79 Å². The fourth-order valence-electron chi connectivity index (χ4n) is 3.75. The number of ether oxygens (including phenoxy) is 1. The predicted octanol–water partition coefficient (Wildman–Crippen LogP) is 1.61. The molecular formula is C20H31N3O3. The average molecular weight is 361 g/mol. The summed E-state index contributed by atoms with van der Waals surface area (Å²) < 4.78 is 5.97. The van der Waals surface area contributed by atoms with Gasteiger partial charge >= 0.3 is 5.97 Å². The summed E-state index contributed by atoms with van der Waals surface area (Å²) in [6.07, 6.45) is 0.321. The van der Waals surface area contributed by atoms with E-state index in [1.165, 1.54) is 5.56 Å². The number of rotatable bonds is 6. The SMILES string of the molecule is CC(C)N1CCOC(CN2CCN(Cc3ccc(C(=O)O)cc3)CC2)C1. The van der Waals surface area contributed by atoms with Gasteiger partial charge in [-0.2, -0.15) is 0 Å². The van der Waals surface area contributed by atoms with E-state index < -0.39 is 5.97 Å². The van der Waals surface area contributed by atoms with Crippen molar-refractivity contribution in [1.82, 2.24) is 14.7 Å². The number of morpholine rings is 1. The number of hydrogen-bond donors (Lipinski definition) is 1. The monoisotopic (exact) mass is 361 g/mol. The molecule has 1 aromatic rings. The van der Waals surface area contributed by atoms with Gasteiger partial charge in [0.15, 0.2) is 0 Å². The Kier molecular flexibility index (Phi) is 6.64. The van der Waals surface area contributed by atoms with E-state index in [4.69, 9.17) is 9.84 Å². The highest BCUT2D eigenvalue weighted by Gasteiger charge is 2.26. The number of carboxylic acids is 1. The smallest absolute Gasteiger partial charge is 0.335 e. The van der Waals surface area contributed by atoms with Gasteiger partial charge in [-0.3, -0.25) is 14.7 Å². The van der Waals surface area contributed by atoms with Crippen LogP contribution in [0.4, 0.5) is 0 Å². The Morgan fingerprint density at radius 1 is 1.12 bits per heavy atom. The Morgan fingerprint density at radius 3 is 2.38 bits per heavy atom. The Hall–Kier alpha value is -1.47. The van der Waals surface area contributed by atoms with E-state index in [1.807, 2.05) is 12.1 Å². The van der Waals surface area contributed by atoms with Crippen molar-refractivity contribution in [1.29, 1.82) is 0 Å². The fourth-order valence-corrected chi connectivity index (χ4v) is 3.75. The standard InChI is InChI=1S/C20H31N3O3/c1-16(2)23-11-12-26-19(15-23)14-22-9-7-21(8-10-22)13-17-3-5-18(6-4-17)20(24)25/h3-6,16,19H,7-15H2,1-2H3,(H,24,25). The van der Waals surface area contributed by atoms with E-state index in [-0.39, 0.29) is 0 Å². The summed E-state index contributed by atoms with van der Waals surface area (Å²) >= 11 is 0. The molecule has 26 heavy (non-hydrogen) atoms. The first kappa shape index (κ1) is 19.3. The van der Waals surface area contributed by atoms with E-state index in [0.717, 1.165) is 59.0 Å². The van der Waals surface area contributed by atoms with Crippen molar-refractivity contribution in [3.05, 3.63) is 35.4 Å². The van der Waals surface area contributed by atoms with E-state index in [0.29, 0.717) is 17.7 Å². The predicted molar refractivity (Wildman–Crippen MR) is 102 cm³/mol. The van der Waals surface area contributed by atoms with Crippen LogP contribution in [0.25, 0.3) is 0 Å². The molecule has 0 aliphatic carbocycles. The summed E-state index contributed by atoms with van der Waals surface area (Å²) in [7, 11) is 0. The molecule has 144 valence electrons. The van der Waals surface area contributed by atoms with Gasteiger partial charge in [0.1, 0.15) is 0 Å². The normalized spacial score (nSPS) is 23.4. The molecule has 2 heterocycles. The number of carbonyl (C=O) groups is 1. The van der Waals surface area contributed by atoms with E-state index in [2.05, 4.69) is 28.5 Å². The molecule has 0 radical (unpaired) electrons. The van der Waals surface area contributed by atoms with Gasteiger partial charge in [0.2, 0.25) is 0 Å². The van der Waals surface area contributed by atoms with Crippen LogP contribution in [0.5, 0.6) is 0 Å². The van der Waals surface area contributed by atoms with Gasteiger partial charge in [0, 0.05) is 58.4 Å². The van der Waals surface area contributed by atoms with Crippen molar-refractivity contribution in [3.63, 3.8) is 0 Å². The van der Waals surface area contributed by atoms with Crippen LogP contribution >= 0.6 is 0 Å². The van der Waals surface area contributed by atoms with Gasteiger partial charge in [-0.25, -0.2) is 4.79 Å². The molecule has 0 amide bonds. The topological polar surface area (TPSA) is 56.2 Å². The number of benzene rings is 1. The van der Waals surface area contributed by atoms with E-state index in [1.54, 1.807) is 12.1 Å². The average Bonchev–Trinajstić information content (AvgIpc) is 2.64. The first-order chi connectivity index (χ1) is 12.5. The van der Waals surface area contributed by atoms with Gasteiger partial charge in [0.05, 0.1) is 18.3 Å². The van der Waals surface area contributed by atoms with Crippen molar-refractivity contribution in [2.24, 2.45) is 0 Å². The maximum atomic E-state index is 10.9. The molecule has 0 aromatic heterocycles. The maximum Gasteiger partial charge on any atom is 0.335 e. The second kappa shape index (κ2) is 8.95. The summed E-state index contributed by atoms with van der Waals surface area (Å²) in [5.41, 5.74) is 1.52. The number of piperazine rings is 1. The highest BCUT2D eigenvalue weighted by atomic mass is 16.5. The first-order valence-electron chi connectivity index (χ1n) is 9.64. The number of nitrogens with zero attached hydrogens (tertiary/aromatic N) is 3. The lowest BCUT2D eigenvalue weighted by Crippen LogP contribution is -2.53. The third-order valence-corrected chi connectivity index (χ3v) is 5.43. The molecule has 2 saturated heterocycles. The second-order valence-corrected chi connectivity index (χ2v) is 7.66. The number of aromatic carboxylic acids is 1. The molecule has 1 aromatic carbocycles. The van der Waals surface area contributed by atoms with Gasteiger partial charge < -0.3 is 9.84 Å². The molecule has 0 spiro atoms. The van der Waals surface area contributed by atoms with Crippen LogP contribution in [0.3, 0.4) is 0 Å². The quantitative estimate of drug-likeness (QED) is 0.831. The van der Waals surface area contributed by atoms with Crippen molar-refractivity contribution in [2.75, 3.05) is 52.4 Å². The van der Waals surface area contributed by atoms with Gasteiger partial charge in [-0.05, 0) is 31.5 Å².